The molecule has 0 aliphatic heterocycles. The lowest BCUT2D eigenvalue weighted by molar-refractivity contribution is -0.134. The van der Waals surface area contributed by atoms with Gasteiger partial charge in [-0.15, -0.1) is 0 Å². The van der Waals surface area contributed by atoms with Crippen LogP contribution in [0.1, 0.15) is 48.0 Å². The minimum atomic E-state index is -0.641. The van der Waals surface area contributed by atoms with Crippen molar-refractivity contribution in [1.82, 2.24) is 10.6 Å². The smallest absolute Gasteiger partial charge is 0.242 e. The van der Waals surface area contributed by atoms with Gasteiger partial charge in [-0.3, -0.25) is 9.59 Å². The summed E-state index contributed by atoms with van der Waals surface area (Å²) in [6.45, 7) is 10.5. The van der Waals surface area contributed by atoms with Crippen LogP contribution < -0.4 is 10.6 Å². The molecular formula is C13H26N2O3. The lowest BCUT2D eigenvalue weighted by Gasteiger charge is -2.29. The fourth-order valence-electron chi connectivity index (χ4n) is 1.12. The highest BCUT2D eigenvalue weighted by atomic mass is 16.3. The summed E-state index contributed by atoms with van der Waals surface area (Å²) in [7, 11) is 0. The molecule has 0 radical (unpaired) electrons. The first-order valence-electron chi connectivity index (χ1n) is 6.29. The summed E-state index contributed by atoms with van der Waals surface area (Å²) in [6, 6.07) is -0.617. The van der Waals surface area contributed by atoms with E-state index in [2.05, 4.69) is 10.6 Å². The number of carbonyl (C=O) groups excluding carboxylic acids is 2. The predicted octanol–water partition coefficient (Wildman–Crippen LogP) is 0.814. The molecule has 0 rings (SSSR count). The van der Waals surface area contributed by atoms with Crippen LogP contribution in [-0.4, -0.2) is 35.1 Å². The third-order valence-corrected chi connectivity index (χ3v) is 2.98. The number of carbonyl (C=O) groups is 2. The van der Waals surface area contributed by atoms with Crippen molar-refractivity contribution in [1.29, 1.82) is 0 Å². The number of hydrogen-bond donors (Lipinski definition) is 3. The van der Waals surface area contributed by atoms with Crippen molar-refractivity contribution < 1.29 is 14.7 Å². The van der Waals surface area contributed by atoms with Crippen LogP contribution in [0.25, 0.3) is 0 Å². The van der Waals surface area contributed by atoms with E-state index in [0.717, 1.165) is 0 Å². The zero-order valence-corrected chi connectivity index (χ0v) is 12.3. The van der Waals surface area contributed by atoms with E-state index < -0.39 is 17.0 Å². The van der Waals surface area contributed by atoms with Crippen molar-refractivity contribution in [2.45, 2.75) is 59.5 Å². The van der Waals surface area contributed by atoms with Gasteiger partial charge in [0.25, 0.3) is 0 Å². The topological polar surface area (TPSA) is 78.4 Å². The first kappa shape index (κ1) is 16.9. The van der Waals surface area contributed by atoms with Gasteiger partial charge < -0.3 is 15.7 Å². The number of rotatable bonds is 5. The van der Waals surface area contributed by atoms with E-state index in [1.807, 2.05) is 6.92 Å². The maximum absolute atomic E-state index is 11.9. The van der Waals surface area contributed by atoms with E-state index in [4.69, 9.17) is 0 Å². The molecule has 0 heterocycles. The molecule has 18 heavy (non-hydrogen) atoms. The first-order chi connectivity index (χ1) is 8.05. The second-order valence-corrected chi connectivity index (χ2v) is 6.01. The molecule has 0 aromatic heterocycles. The SMILES string of the molecule is CCC(C)(CO)NC(=O)C(C)NC(=O)C(C)(C)C. The lowest BCUT2D eigenvalue weighted by Crippen LogP contribution is -2.55. The van der Waals surface area contributed by atoms with Crippen molar-refractivity contribution in [3.8, 4) is 0 Å². The molecule has 0 fully saturated rings. The van der Waals surface area contributed by atoms with Gasteiger partial charge in [-0.2, -0.15) is 0 Å². The monoisotopic (exact) mass is 258 g/mol. The highest BCUT2D eigenvalue weighted by Gasteiger charge is 2.29. The van der Waals surface area contributed by atoms with Gasteiger partial charge in [-0.05, 0) is 20.3 Å². The Hall–Kier alpha value is -1.10. The second kappa shape index (κ2) is 6.18. The number of amides is 2. The van der Waals surface area contributed by atoms with Crippen LogP contribution in [0.4, 0.5) is 0 Å². The van der Waals surface area contributed by atoms with Crippen molar-refractivity contribution in [2.24, 2.45) is 5.41 Å². The van der Waals surface area contributed by atoms with Gasteiger partial charge in [0, 0.05) is 5.41 Å². The van der Waals surface area contributed by atoms with Crippen LogP contribution in [0.5, 0.6) is 0 Å². The van der Waals surface area contributed by atoms with E-state index in [0.29, 0.717) is 6.42 Å². The van der Waals surface area contributed by atoms with Crippen molar-refractivity contribution in [3.63, 3.8) is 0 Å². The quantitative estimate of drug-likeness (QED) is 0.683. The van der Waals surface area contributed by atoms with Crippen LogP contribution in [0.15, 0.2) is 0 Å². The Morgan fingerprint density at radius 1 is 1.22 bits per heavy atom. The molecular weight excluding hydrogens is 232 g/mol. The number of nitrogens with one attached hydrogen (secondary N) is 2. The Morgan fingerprint density at radius 2 is 1.72 bits per heavy atom. The van der Waals surface area contributed by atoms with Crippen LogP contribution in [0.2, 0.25) is 0 Å². The summed E-state index contributed by atoms with van der Waals surface area (Å²) in [5.41, 5.74) is -1.17. The highest BCUT2D eigenvalue weighted by molar-refractivity contribution is 5.89. The summed E-state index contributed by atoms with van der Waals surface area (Å²) in [4.78, 5) is 23.6. The maximum Gasteiger partial charge on any atom is 0.242 e. The van der Waals surface area contributed by atoms with Gasteiger partial charge in [0.2, 0.25) is 11.8 Å². The molecule has 5 nitrogen and oxygen atoms in total. The molecule has 3 N–H and O–H groups in total. The molecule has 0 aromatic rings. The van der Waals surface area contributed by atoms with E-state index in [1.54, 1.807) is 34.6 Å². The van der Waals surface area contributed by atoms with E-state index >= 15 is 0 Å². The molecule has 2 unspecified atom stereocenters. The summed E-state index contributed by atoms with van der Waals surface area (Å²) >= 11 is 0. The zero-order chi connectivity index (χ0) is 14.6. The van der Waals surface area contributed by atoms with Gasteiger partial charge in [-0.25, -0.2) is 0 Å². The molecule has 0 bridgehead atoms. The Bertz CT molecular complexity index is 304. The minimum Gasteiger partial charge on any atom is -0.394 e. The molecule has 0 aromatic carbocycles. The molecule has 0 saturated heterocycles. The average Bonchev–Trinajstić information content (AvgIpc) is 2.27. The van der Waals surface area contributed by atoms with Gasteiger partial charge in [0.15, 0.2) is 0 Å². The lowest BCUT2D eigenvalue weighted by atomic mass is 9.95. The first-order valence-corrected chi connectivity index (χ1v) is 6.29. The summed E-state index contributed by atoms with van der Waals surface area (Å²) < 4.78 is 0. The van der Waals surface area contributed by atoms with Crippen molar-refractivity contribution in [2.75, 3.05) is 6.61 Å². The van der Waals surface area contributed by atoms with Crippen LogP contribution in [0.3, 0.4) is 0 Å². The third-order valence-electron chi connectivity index (χ3n) is 2.98. The molecule has 2 amide bonds. The Kier molecular flexibility index (Phi) is 5.80. The van der Waals surface area contributed by atoms with Crippen molar-refractivity contribution in [3.05, 3.63) is 0 Å². The zero-order valence-electron chi connectivity index (χ0n) is 12.3. The molecule has 5 heteroatoms. The maximum atomic E-state index is 11.9. The predicted molar refractivity (Wildman–Crippen MR) is 71.0 cm³/mol. The van der Waals surface area contributed by atoms with Gasteiger partial charge >= 0.3 is 0 Å². The van der Waals surface area contributed by atoms with E-state index in [1.165, 1.54) is 0 Å². The number of hydrogen-bond acceptors (Lipinski definition) is 3. The number of aliphatic hydroxyl groups excluding tert-OH is 1. The van der Waals surface area contributed by atoms with Crippen molar-refractivity contribution >= 4 is 11.8 Å². The summed E-state index contributed by atoms with van der Waals surface area (Å²) in [6.07, 6.45) is 0.620. The molecule has 2 atom stereocenters. The van der Waals surface area contributed by atoms with Crippen LogP contribution >= 0.6 is 0 Å². The van der Waals surface area contributed by atoms with Gasteiger partial charge in [0.05, 0.1) is 12.1 Å². The summed E-state index contributed by atoms with van der Waals surface area (Å²) in [5.74, 6) is -0.460. The standard InChI is InChI=1S/C13H26N2O3/c1-7-13(6,8-16)15-10(17)9(2)14-11(18)12(3,4)5/h9,16H,7-8H2,1-6H3,(H,14,18)(H,15,17). The third kappa shape index (κ3) is 5.04. The molecule has 0 aliphatic rings. The average molecular weight is 258 g/mol. The van der Waals surface area contributed by atoms with E-state index in [-0.39, 0.29) is 18.4 Å². The fourth-order valence-corrected chi connectivity index (χ4v) is 1.12. The van der Waals surface area contributed by atoms with E-state index in [9.17, 15) is 14.7 Å². The number of aliphatic hydroxyl groups is 1. The Labute approximate surface area is 109 Å². The normalized spacial score (nSPS) is 16.6. The van der Waals surface area contributed by atoms with Crippen LogP contribution in [-0.2, 0) is 9.59 Å². The Morgan fingerprint density at radius 3 is 2.06 bits per heavy atom. The minimum absolute atomic E-state index is 0.130. The fraction of sp³-hybridized carbons (Fsp3) is 0.846. The Balaban J connectivity index is 4.49. The molecule has 0 spiro atoms. The van der Waals surface area contributed by atoms with Gasteiger partial charge in [0.1, 0.15) is 6.04 Å². The van der Waals surface area contributed by atoms with Crippen LogP contribution in [0, 0.1) is 5.41 Å². The second-order valence-electron chi connectivity index (χ2n) is 6.01. The summed E-state index contributed by atoms with van der Waals surface area (Å²) in [5, 5.41) is 14.6. The molecule has 106 valence electrons. The largest absolute Gasteiger partial charge is 0.394 e. The molecule has 0 aliphatic carbocycles. The molecule has 0 saturated carbocycles. The highest BCUT2D eigenvalue weighted by Crippen LogP contribution is 2.13. The van der Waals surface area contributed by atoms with Gasteiger partial charge in [-0.1, -0.05) is 27.7 Å².